The lowest BCUT2D eigenvalue weighted by Gasteiger charge is -2.27. The molecule has 21 heavy (non-hydrogen) atoms. The van der Waals surface area contributed by atoms with E-state index in [1.54, 1.807) is 0 Å². The van der Waals surface area contributed by atoms with Crippen molar-refractivity contribution in [1.29, 1.82) is 0 Å². The van der Waals surface area contributed by atoms with E-state index in [2.05, 4.69) is 62.0 Å². The van der Waals surface area contributed by atoms with E-state index in [1.165, 1.54) is 24.2 Å². The van der Waals surface area contributed by atoms with Gasteiger partial charge in [-0.3, -0.25) is 4.90 Å². The van der Waals surface area contributed by atoms with Crippen LogP contribution in [-0.2, 0) is 13.0 Å². The Kier molecular flexibility index (Phi) is 5.80. The molecular weight excluding hydrogens is 258 g/mol. The van der Waals surface area contributed by atoms with Crippen LogP contribution in [0.4, 0.5) is 0 Å². The van der Waals surface area contributed by atoms with Gasteiger partial charge in [-0.05, 0) is 50.0 Å². The lowest BCUT2D eigenvalue weighted by atomic mass is 9.91. The molecule has 1 aliphatic heterocycles. The van der Waals surface area contributed by atoms with E-state index in [-0.39, 0.29) is 0 Å². The number of rotatable bonds is 6. The highest BCUT2D eigenvalue weighted by Crippen LogP contribution is 2.28. The summed E-state index contributed by atoms with van der Waals surface area (Å²) in [6.45, 7) is 8.88. The number of hydrogen-bond donors (Lipinski definition) is 1. The lowest BCUT2D eigenvalue weighted by Crippen LogP contribution is -2.37. The number of likely N-dealkylation sites (tertiary alicyclic amines) is 1. The van der Waals surface area contributed by atoms with Gasteiger partial charge in [0.2, 0.25) is 0 Å². The van der Waals surface area contributed by atoms with Crippen LogP contribution >= 0.6 is 0 Å². The van der Waals surface area contributed by atoms with Gasteiger partial charge in [0.25, 0.3) is 0 Å². The minimum absolute atomic E-state index is 0.678. The van der Waals surface area contributed by atoms with Gasteiger partial charge in [0.1, 0.15) is 0 Å². The molecule has 1 heterocycles. The number of nitrogens with zero attached hydrogens (tertiary/aromatic N) is 2. The Hall–Kier alpha value is -0.900. The van der Waals surface area contributed by atoms with Crippen LogP contribution in [0.15, 0.2) is 24.3 Å². The standard InChI is InChI=1S/C18H31N3/c1-14(2)17-12-21(13-18(17)20(3)4)11-16-7-5-6-15(10-16)8-9-19/h5-7,10,14,17-18H,8-9,11-13,19H2,1-4H3/t17-,18+/m0/s1. The van der Waals surface area contributed by atoms with Gasteiger partial charge in [-0.2, -0.15) is 0 Å². The predicted octanol–water partition coefficient (Wildman–Crippen LogP) is 2.21. The molecule has 0 unspecified atom stereocenters. The lowest BCUT2D eigenvalue weighted by molar-refractivity contribution is 0.215. The molecule has 0 radical (unpaired) electrons. The molecule has 2 N–H and O–H groups in total. The molecule has 1 aromatic carbocycles. The van der Waals surface area contributed by atoms with Crippen molar-refractivity contribution in [3.8, 4) is 0 Å². The van der Waals surface area contributed by atoms with Crippen molar-refractivity contribution >= 4 is 0 Å². The van der Waals surface area contributed by atoms with Crippen LogP contribution in [0.1, 0.15) is 25.0 Å². The molecule has 1 fully saturated rings. The first-order valence-electron chi connectivity index (χ1n) is 8.18. The van der Waals surface area contributed by atoms with Gasteiger partial charge in [0, 0.05) is 25.7 Å². The second kappa shape index (κ2) is 7.39. The summed E-state index contributed by atoms with van der Waals surface area (Å²) in [5.74, 6) is 1.51. The molecule has 0 spiro atoms. The van der Waals surface area contributed by atoms with Gasteiger partial charge in [0.05, 0.1) is 0 Å². The minimum Gasteiger partial charge on any atom is -0.330 e. The summed E-state index contributed by atoms with van der Waals surface area (Å²) in [6, 6.07) is 9.59. The van der Waals surface area contributed by atoms with Gasteiger partial charge in [-0.1, -0.05) is 38.1 Å². The van der Waals surface area contributed by atoms with Crippen LogP contribution in [0, 0.1) is 11.8 Å². The fourth-order valence-electron chi connectivity index (χ4n) is 3.53. The summed E-state index contributed by atoms with van der Waals surface area (Å²) in [5.41, 5.74) is 8.44. The van der Waals surface area contributed by atoms with Crippen LogP contribution < -0.4 is 5.73 Å². The Bertz CT molecular complexity index is 426. The zero-order valence-electron chi connectivity index (χ0n) is 14.0. The predicted molar refractivity (Wildman–Crippen MR) is 90.3 cm³/mol. The molecule has 118 valence electrons. The van der Waals surface area contributed by atoms with E-state index in [0.717, 1.165) is 31.3 Å². The second-order valence-electron chi connectivity index (χ2n) is 6.99. The third kappa shape index (κ3) is 4.29. The molecule has 3 heteroatoms. The third-order valence-corrected chi connectivity index (χ3v) is 4.76. The van der Waals surface area contributed by atoms with Crippen LogP contribution in [0.2, 0.25) is 0 Å². The van der Waals surface area contributed by atoms with Crippen molar-refractivity contribution in [2.24, 2.45) is 17.6 Å². The maximum Gasteiger partial charge on any atom is 0.0260 e. The van der Waals surface area contributed by atoms with Crippen molar-refractivity contribution in [2.75, 3.05) is 33.7 Å². The molecule has 0 aromatic heterocycles. The van der Waals surface area contributed by atoms with E-state index in [9.17, 15) is 0 Å². The van der Waals surface area contributed by atoms with Crippen LogP contribution in [0.5, 0.6) is 0 Å². The van der Waals surface area contributed by atoms with Crippen molar-refractivity contribution in [1.82, 2.24) is 9.80 Å². The molecule has 2 rings (SSSR count). The molecular formula is C18H31N3. The molecule has 1 aliphatic rings. The summed E-state index contributed by atoms with van der Waals surface area (Å²) in [6.07, 6.45) is 0.975. The summed E-state index contributed by atoms with van der Waals surface area (Å²) in [5, 5.41) is 0. The third-order valence-electron chi connectivity index (χ3n) is 4.76. The van der Waals surface area contributed by atoms with Crippen molar-refractivity contribution in [2.45, 2.75) is 32.9 Å². The molecule has 0 saturated carbocycles. The average molecular weight is 289 g/mol. The molecule has 3 nitrogen and oxygen atoms in total. The maximum atomic E-state index is 5.66. The van der Waals surface area contributed by atoms with Gasteiger partial charge in [0.15, 0.2) is 0 Å². The molecule has 0 bridgehead atoms. The average Bonchev–Trinajstić information content (AvgIpc) is 2.84. The maximum absolute atomic E-state index is 5.66. The topological polar surface area (TPSA) is 32.5 Å². The normalized spacial score (nSPS) is 23.4. The minimum atomic E-state index is 0.678. The quantitative estimate of drug-likeness (QED) is 0.871. The van der Waals surface area contributed by atoms with Gasteiger partial charge in [-0.15, -0.1) is 0 Å². The largest absolute Gasteiger partial charge is 0.330 e. The smallest absolute Gasteiger partial charge is 0.0260 e. The molecule has 2 atom stereocenters. The van der Waals surface area contributed by atoms with Crippen molar-refractivity contribution in [3.05, 3.63) is 35.4 Å². The zero-order chi connectivity index (χ0) is 15.4. The summed E-state index contributed by atoms with van der Waals surface area (Å²) in [4.78, 5) is 5.01. The highest BCUT2D eigenvalue weighted by Gasteiger charge is 2.35. The Balaban J connectivity index is 2.02. The zero-order valence-corrected chi connectivity index (χ0v) is 14.0. The van der Waals surface area contributed by atoms with E-state index >= 15 is 0 Å². The van der Waals surface area contributed by atoms with E-state index in [1.807, 2.05) is 0 Å². The van der Waals surface area contributed by atoms with E-state index in [0.29, 0.717) is 6.04 Å². The van der Waals surface area contributed by atoms with E-state index < -0.39 is 0 Å². The van der Waals surface area contributed by atoms with Crippen LogP contribution in [0.3, 0.4) is 0 Å². The van der Waals surface area contributed by atoms with E-state index in [4.69, 9.17) is 5.73 Å². The first-order chi connectivity index (χ1) is 10.0. The Morgan fingerprint density at radius 3 is 2.52 bits per heavy atom. The highest BCUT2D eigenvalue weighted by atomic mass is 15.2. The first-order valence-corrected chi connectivity index (χ1v) is 8.18. The summed E-state index contributed by atoms with van der Waals surface area (Å²) < 4.78 is 0. The summed E-state index contributed by atoms with van der Waals surface area (Å²) >= 11 is 0. The fraction of sp³-hybridized carbons (Fsp3) is 0.667. The number of benzene rings is 1. The Morgan fingerprint density at radius 2 is 1.95 bits per heavy atom. The number of nitrogens with two attached hydrogens (primary N) is 1. The number of likely N-dealkylation sites (N-methyl/N-ethyl adjacent to an activating group) is 1. The van der Waals surface area contributed by atoms with Gasteiger partial charge in [-0.25, -0.2) is 0 Å². The molecule has 1 saturated heterocycles. The van der Waals surface area contributed by atoms with Crippen LogP contribution in [0.25, 0.3) is 0 Å². The molecule has 1 aromatic rings. The van der Waals surface area contributed by atoms with Gasteiger partial charge >= 0.3 is 0 Å². The fourth-order valence-corrected chi connectivity index (χ4v) is 3.53. The Labute approximate surface area is 130 Å². The molecule has 0 aliphatic carbocycles. The van der Waals surface area contributed by atoms with Crippen molar-refractivity contribution in [3.63, 3.8) is 0 Å². The van der Waals surface area contributed by atoms with Crippen molar-refractivity contribution < 1.29 is 0 Å². The first kappa shape index (κ1) is 16.5. The highest BCUT2D eigenvalue weighted by molar-refractivity contribution is 5.24. The monoisotopic (exact) mass is 289 g/mol. The Morgan fingerprint density at radius 1 is 1.24 bits per heavy atom. The van der Waals surface area contributed by atoms with Gasteiger partial charge < -0.3 is 10.6 Å². The van der Waals surface area contributed by atoms with Crippen LogP contribution in [-0.4, -0.2) is 49.6 Å². The SMILES string of the molecule is CC(C)[C@@H]1CN(Cc2cccc(CCN)c2)C[C@H]1N(C)C. The number of hydrogen-bond acceptors (Lipinski definition) is 3. The summed E-state index contributed by atoms with van der Waals surface area (Å²) in [7, 11) is 4.43. The second-order valence-corrected chi connectivity index (χ2v) is 6.99. The molecule has 0 amide bonds.